The van der Waals surface area contributed by atoms with Crippen LogP contribution in [0.15, 0.2) is 12.7 Å². The first kappa shape index (κ1) is 40.7. The zero-order valence-corrected chi connectivity index (χ0v) is 28.0. The van der Waals surface area contributed by atoms with E-state index in [9.17, 15) is 66.6 Å². The summed E-state index contributed by atoms with van der Waals surface area (Å²) in [4.78, 5) is 84.8. The Kier molecular flexibility index (Phi) is 12.2. The fourth-order valence-corrected chi connectivity index (χ4v) is 12.0. The fraction of sp³-hybridized carbons (Fsp3) is 0.500. The lowest BCUT2D eigenvalue weighted by molar-refractivity contribution is -0.0503. The van der Waals surface area contributed by atoms with Gasteiger partial charge in [-0.2, -0.15) is 25.9 Å². The number of hydrogen-bond donors (Lipinski definition) is 11. The Morgan fingerprint density at radius 1 is 0.681 bits per heavy atom. The number of nitrogens with zero attached hydrogens (tertiary/aromatic N) is 4. The Bertz CT molecular complexity index is 1830. The number of aliphatic hydroxyl groups is 2. The summed E-state index contributed by atoms with van der Waals surface area (Å²) in [6, 6.07) is 0. The molecule has 30 nitrogen and oxygen atoms in total. The number of aromatic nitrogens is 4. The second-order valence-electron chi connectivity index (χ2n) is 8.22. The number of imidazole rings is 1. The minimum absolute atomic E-state index is 0.0231. The Labute approximate surface area is 257 Å². The molecule has 3 rings (SSSR count). The number of nitrogens with two attached hydrogens (primary N) is 1. The molecule has 0 aromatic carbocycles. The van der Waals surface area contributed by atoms with Crippen molar-refractivity contribution in [2.75, 3.05) is 12.3 Å². The second kappa shape index (κ2) is 14.1. The molecule has 1 fully saturated rings. The van der Waals surface area contributed by atoms with Gasteiger partial charge in [0, 0.05) is 0 Å². The number of rotatable bonds is 16. The van der Waals surface area contributed by atoms with Gasteiger partial charge in [0.1, 0.15) is 30.2 Å². The third-order valence-corrected chi connectivity index (χ3v) is 15.0. The molecule has 0 amide bonds. The van der Waals surface area contributed by atoms with E-state index in [-0.39, 0.29) is 17.0 Å². The number of aliphatic hydroxyl groups excluding tert-OH is 2. The topological polar surface area (TPSA) is 465 Å². The van der Waals surface area contributed by atoms with Gasteiger partial charge in [0.15, 0.2) is 17.7 Å². The molecule has 1 aliphatic heterocycles. The molecule has 3 heterocycles. The Hall–Kier alpha value is -0.760. The maximum absolute atomic E-state index is 12.2. The van der Waals surface area contributed by atoms with Crippen LogP contribution in [0.2, 0.25) is 0 Å². The van der Waals surface area contributed by atoms with E-state index in [2.05, 4.69) is 45.3 Å². The lowest BCUT2D eigenvalue weighted by atomic mass is 10.1. The Morgan fingerprint density at radius 2 is 1.13 bits per heavy atom. The highest BCUT2D eigenvalue weighted by Crippen LogP contribution is 2.76. The van der Waals surface area contributed by atoms with E-state index in [4.69, 9.17) is 25.2 Å². The monoisotopic (exact) mass is 827 g/mol. The summed E-state index contributed by atoms with van der Waals surface area (Å²) in [7, 11) is -44.1. The molecule has 37 heteroatoms. The van der Waals surface area contributed by atoms with Gasteiger partial charge >= 0.3 is 54.8 Å². The third kappa shape index (κ3) is 11.9. The summed E-state index contributed by atoms with van der Waals surface area (Å²) in [6.07, 6.45) is -4.71. The molecule has 6 unspecified atom stereocenters. The van der Waals surface area contributed by atoms with Gasteiger partial charge in [-0.1, -0.05) is 0 Å². The van der Waals surface area contributed by atoms with Gasteiger partial charge in [-0.3, -0.25) is 9.09 Å². The van der Waals surface area contributed by atoms with E-state index >= 15 is 0 Å². The summed E-state index contributed by atoms with van der Waals surface area (Å²) in [5.41, 5.74) is 5.76. The molecule has 0 radical (unpaired) electrons. The van der Waals surface area contributed by atoms with Crippen molar-refractivity contribution in [1.29, 1.82) is 0 Å². The Morgan fingerprint density at radius 3 is 1.60 bits per heavy atom. The molecule has 10 atom stereocenters. The molecule has 270 valence electrons. The van der Waals surface area contributed by atoms with Gasteiger partial charge in [0.25, 0.3) is 0 Å². The third-order valence-electron chi connectivity index (χ3n) is 4.64. The summed E-state index contributed by atoms with van der Waals surface area (Å²) >= 11 is 0. The normalized spacial score (nSPS) is 28.4. The number of ether oxygens (including phenoxy) is 1. The quantitative estimate of drug-likeness (QED) is 0.0889. The van der Waals surface area contributed by atoms with Gasteiger partial charge < -0.3 is 59.8 Å². The molecule has 0 saturated carbocycles. The molecule has 2 aromatic rings. The predicted molar refractivity (Wildman–Crippen MR) is 139 cm³/mol. The van der Waals surface area contributed by atoms with Gasteiger partial charge in [-0.05, 0) is 0 Å². The van der Waals surface area contributed by atoms with Crippen molar-refractivity contribution in [3.05, 3.63) is 12.7 Å². The smallest absolute Gasteiger partial charge is 0.387 e. The summed E-state index contributed by atoms with van der Waals surface area (Å²) < 4.78 is 112. The van der Waals surface area contributed by atoms with Crippen LogP contribution in [0, 0.1) is 0 Å². The zero-order valence-electron chi connectivity index (χ0n) is 21.8. The van der Waals surface area contributed by atoms with E-state index in [0.29, 0.717) is 0 Å². The minimum atomic E-state index is -6.59. The largest absolute Gasteiger partial charge is 0.490 e. The number of nitrogen functional groups attached to an aromatic ring is 1. The number of phosphoric acid groups is 7. The van der Waals surface area contributed by atoms with Crippen molar-refractivity contribution in [2.24, 2.45) is 0 Å². The first-order valence-electron chi connectivity index (χ1n) is 10.9. The zero-order chi connectivity index (χ0) is 36.0. The average molecular weight is 827 g/mol. The van der Waals surface area contributed by atoms with Crippen LogP contribution in [0.1, 0.15) is 6.23 Å². The minimum Gasteiger partial charge on any atom is -0.387 e. The van der Waals surface area contributed by atoms with Crippen LogP contribution in [0.3, 0.4) is 0 Å². The molecule has 1 saturated heterocycles. The SMILES string of the molecule is Nc1ncnc2c1ncn2[C@@H]1O[C@H](COP(=O)(O)OP(=O)(O)OP(=O)(O)OP(=O)(O)OP(=O)(O)OP(=O)(O)OP(=O)(O)O)[C@@H](O)[C@H]1O. The van der Waals surface area contributed by atoms with Gasteiger partial charge in [-0.15, -0.1) is 0 Å². The molecule has 0 aliphatic carbocycles. The molecular formula is C10H20N5O25P7. The lowest BCUT2D eigenvalue weighted by Crippen LogP contribution is -2.33. The highest BCUT2D eigenvalue weighted by atomic mass is 31.3. The summed E-state index contributed by atoms with van der Waals surface area (Å²) in [6.45, 7) is -1.22. The van der Waals surface area contributed by atoms with E-state index in [1.54, 1.807) is 0 Å². The number of hydrogen-bond acceptors (Lipinski definition) is 21. The van der Waals surface area contributed by atoms with E-state index in [0.717, 1.165) is 17.2 Å². The molecule has 12 N–H and O–H groups in total. The van der Waals surface area contributed by atoms with Crippen molar-refractivity contribution in [3.63, 3.8) is 0 Å². The van der Waals surface area contributed by atoms with Crippen LogP contribution < -0.4 is 5.73 Å². The first-order chi connectivity index (χ1) is 21.0. The van der Waals surface area contributed by atoms with Gasteiger partial charge in [0.05, 0.1) is 12.9 Å². The van der Waals surface area contributed by atoms with E-state index < -0.39 is 85.9 Å². The molecule has 2 aromatic heterocycles. The van der Waals surface area contributed by atoms with E-state index in [1.807, 2.05) is 0 Å². The predicted octanol–water partition coefficient (Wildman–Crippen LogP) is -1.16. The number of anilines is 1. The number of phosphoric ester groups is 1. The van der Waals surface area contributed by atoms with Gasteiger partial charge in [-0.25, -0.2) is 46.9 Å². The van der Waals surface area contributed by atoms with Crippen LogP contribution in [0.4, 0.5) is 5.82 Å². The average Bonchev–Trinajstić information content (AvgIpc) is 3.34. The van der Waals surface area contributed by atoms with Gasteiger partial charge in [0.2, 0.25) is 0 Å². The molecular weight excluding hydrogens is 807 g/mol. The molecule has 0 spiro atoms. The van der Waals surface area contributed by atoms with Crippen molar-refractivity contribution in [2.45, 2.75) is 24.5 Å². The van der Waals surface area contributed by atoms with Crippen LogP contribution in [0.25, 0.3) is 11.2 Å². The second-order valence-corrected chi connectivity index (χ2v) is 19.0. The maximum Gasteiger partial charge on any atom is 0.490 e. The van der Waals surface area contributed by atoms with E-state index in [1.165, 1.54) is 0 Å². The van der Waals surface area contributed by atoms with Crippen LogP contribution >= 0.6 is 54.8 Å². The summed E-state index contributed by atoms with van der Waals surface area (Å²) in [5, 5.41) is 20.7. The van der Waals surface area contributed by atoms with Crippen LogP contribution in [-0.4, -0.2) is 93.8 Å². The molecule has 0 bridgehead atoms. The number of fused-ring (bicyclic) bond motifs is 1. The van der Waals surface area contributed by atoms with Crippen molar-refractivity contribution < 1.29 is 116 Å². The molecule has 1 aliphatic rings. The fourth-order valence-electron chi connectivity index (χ4n) is 3.21. The maximum atomic E-state index is 12.2. The van der Waals surface area contributed by atoms with Crippen LogP contribution in [-0.2, 0) is 67.1 Å². The highest BCUT2D eigenvalue weighted by Gasteiger charge is 2.51. The van der Waals surface area contributed by atoms with Crippen molar-refractivity contribution in [1.82, 2.24) is 19.5 Å². The lowest BCUT2D eigenvalue weighted by Gasteiger charge is -2.21. The summed E-state index contributed by atoms with van der Waals surface area (Å²) in [5.74, 6) is -0.0605. The van der Waals surface area contributed by atoms with Crippen LogP contribution in [0.5, 0.6) is 0 Å². The molecule has 47 heavy (non-hydrogen) atoms. The van der Waals surface area contributed by atoms with Crippen molar-refractivity contribution in [3.8, 4) is 0 Å². The Balaban J connectivity index is 1.61. The standard InChI is InChI=1S/C10H20N5O25P7/c11-8-5-9(13-2-12-8)15(3-14-5)10-7(17)6(16)4(34-10)1-33-42(21,22)36-44(25,26)38-46(29,30)40-47(31,32)39-45(27,28)37-43(23,24)35-41(18,19)20/h2-4,6-7,10,16-17H,1H2,(H,21,22)(H,23,24)(H,25,26)(H,27,28)(H,29,30)(H,31,32)(H2,11,12,13)(H2,18,19,20)/t4-,6-,7-,10-/m1/s1. The highest BCUT2D eigenvalue weighted by molar-refractivity contribution is 7.73. The first-order valence-corrected chi connectivity index (χ1v) is 21.4. The van der Waals surface area contributed by atoms with Crippen molar-refractivity contribution >= 4 is 71.7 Å².